The van der Waals surface area contributed by atoms with E-state index in [9.17, 15) is 8.42 Å². The molecule has 0 radical (unpaired) electrons. The summed E-state index contributed by atoms with van der Waals surface area (Å²) in [6.45, 7) is 4.34. The number of fused-ring (bicyclic) bond motifs is 1. The number of aromatic nitrogens is 1. The summed E-state index contributed by atoms with van der Waals surface area (Å²) in [6.07, 6.45) is 3.26. The minimum absolute atomic E-state index is 0.148. The normalized spacial score (nSPS) is 16.6. The van der Waals surface area contributed by atoms with Crippen molar-refractivity contribution in [3.63, 3.8) is 0 Å². The molecule has 3 heterocycles. The highest BCUT2D eigenvalue weighted by Gasteiger charge is 2.35. The van der Waals surface area contributed by atoms with E-state index in [0.717, 1.165) is 43.7 Å². The summed E-state index contributed by atoms with van der Waals surface area (Å²) in [6, 6.07) is 18.3. The lowest BCUT2D eigenvalue weighted by atomic mass is 10.0. The monoisotopic (exact) mass is 465 g/mol. The minimum atomic E-state index is -3.77. The van der Waals surface area contributed by atoms with Crippen molar-refractivity contribution in [1.82, 2.24) is 9.88 Å². The molecule has 0 spiro atoms. The van der Waals surface area contributed by atoms with Crippen molar-refractivity contribution in [3.8, 4) is 11.5 Å². The number of hydrogen-bond acceptors (Lipinski definition) is 6. The molecule has 0 unspecified atom stereocenters. The van der Waals surface area contributed by atoms with Crippen LogP contribution in [0.3, 0.4) is 0 Å². The Morgan fingerprint density at radius 3 is 2.52 bits per heavy atom. The van der Waals surface area contributed by atoms with Crippen molar-refractivity contribution in [2.45, 2.75) is 37.2 Å². The van der Waals surface area contributed by atoms with E-state index in [1.807, 2.05) is 43.3 Å². The molecule has 0 atom stereocenters. The molecule has 0 aliphatic carbocycles. The van der Waals surface area contributed by atoms with Gasteiger partial charge in [-0.3, -0.25) is 14.2 Å². The summed E-state index contributed by atoms with van der Waals surface area (Å²) >= 11 is 0. The maximum absolute atomic E-state index is 14.0. The van der Waals surface area contributed by atoms with E-state index in [1.54, 1.807) is 34.8 Å². The molecule has 2 aliphatic rings. The van der Waals surface area contributed by atoms with Gasteiger partial charge in [-0.15, -0.1) is 0 Å². The van der Waals surface area contributed by atoms with Crippen LogP contribution in [-0.2, 0) is 16.6 Å². The summed E-state index contributed by atoms with van der Waals surface area (Å²) in [7, 11) is -3.77. The van der Waals surface area contributed by atoms with Gasteiger partial charge in [0.15, 0.2) is 11.5 Å². The molecule has 0 N–H and O–H groups in total. The number of sulfonamides is 1. The predicted octanol–water partition coefficient (Wildman–Crippen LogP) is 3.98. The Kier molecular flexibility index (Phi) is 5.95. The van der Waals surface area contributed by atoms with E-state index in [0.29, 0.717) is 22.1 Å². The fourth-order valence-electron chi connectivity index (χ4n) is 4.55. The lowest BCUT2D eigenvalue weighted by Gasteiger charge is -2.39. The lowest BCUT2D eigenvalue weighted by Crippen LogP contribution is -2.47. The maximum atomic E-state index is 14.0. The molecule has 0 bridgehead atoms. The van der Waals surface area contributed by atoms with Crippen LogP contribution in [0.15, 0.2) is 71.8 Å². The Labute approximate surface area is 194 Å². The van der Waals surface area contributed by atoms with Crippen LogP contribution < -0.4 is 13.8 Å². The molecule has 33 heavy (non-hydrogen) atoms. The fraction of sp³-hybridized carbons (Fsp3) is 0.320. The van der Waals surface area contributed by atoms with Gasteiger partial charge in [0.05, 0.1) is 16.3 Å². The Bertz CT molecular complexity index is 1230. The Morgan fingerprint density at radius 2 is 1.76 bits per heavy atom. The van der Waals surface area contributed by atoms with Gasteiger partial charge in [-0.05, 0) is 55.7 Å². The number of pyridine rings is 1. The number of anilines is 1. The molecule has 1 saturated heterocycles. The first-order valence-corrected chi connectivity index (χ1v) is 12.6. The minimum Gasteiger partial charge on any atom is -0.454 e. The highest BCUT2D eigenvalue weighted by Crippen LogP contribution is 2.39. The summed E-state index contributed by atoms with van der Waals surface area (Å²) in [5, 5.41) is 0. The van der Waals surface area contributed by atoms with Gasteiger partial charge in [0.25, 0.3) is 10.0 Å². The molecule has 1 fully saturated rings. The fourth-order valence-corrected chi connectivity index (χ4v) is 6.48. The summed E-state index contributed by atoms with van der Waals surface area (Å²) in [5.74, 6) is 1.21. The zero-order valence-electron chi connectivity index (χ0n) is 18.6. The van der Waals surface area contributed by atoms with E-state index in [-0.39, 0.29) is 12.8 Å². The van der Waals surface area contributed by atoms with E-state index in [1.165, 1.54) is 0 Å². The van der Waals surface area contributed by atoms with Crippen molar-refractivity contribution in [2.24, 2.45) is 0 Å². The summed E-state index contributed by atoms with van der Waals surface area (Å²) in [5.41, 5.74) is 2.36. The van der Waals surface area contributed by atoms with E-state index in [2.05, 4.69) is 9.88 Å². The lowest BCUT2D eigenvalue weighted by molar-refractivity contribution is 0.174. The molecular formula is C25H27N3O4S. The summed E-state index contributed by atoms with van der Waals surface area (Å²) in [4.78, 5) is 7.09. The number of nitrogens with zero attached hydrogens (tertiary/aromatic N) is 3. The van der Waals surface area contributed by atoms with Crippen molar-refractivity contribution < 1.29 is 17.9 Å². The average Bonchev–Trinajstić information content (AvgIpc) is 3.29. The number of benzene rings is 2. The van der Waals surface area contributed by atoms with Crippen molar-refractivity contribution in [3.05, 3.63) is 78.1 Å². The Balaban J connectivity index is 1.44. The van der Waals surface area contributed by atoms with E-state index in [4.69, 9.17) is 9.47 Å². The van der Waals surface area contributed by atoms with Crippen molar-refractivity contribution in [2.75, 3.05) is 24.2 Å². The summed E-state index contributed by atoms with van der Waals surface area (Å²) < 4.78 is 40.5. The van der Waals surface area contributed by atoms with E-state index >= 15 is 0 Å². The average molecular weight is 466 g/mol. The van der Waals surface area contributed by atoms with Crippen LogP contribution in [0.4, 0.5) is 5.69 Å². The molecule has 5 rings (SSSR count). The van der Waals surface area contributed by atoms with Crippen LogP contribution in [0.25, 0.3) is 0 Å². The van der Waals surface area contributed by atoms with E-state index < -0.39 is 10.0 Å². The molecule has 7 nitrogen and oxygen atoms in total. The van der Waals surface area contributed by atoms with Gasteiger partial charge in [-0.25, -0.2) is 8.42 Å². The van der Waals surface area contributed by atoms with Crippen LogP contribution >= 0.6 is 0 Å². The van der Waals surface area contributed by atoms with Gasteiger partial charge < -0.3 is 9.47 Å². The first-order chi connectivity index (χ1) is 16.0. The topological polar surface area (TPSA) is 72.0 Å². The SMILES string of the molecule is Cc1ccccc1S(=O)(=O)N(c1ccc2c(c1)OCO2)C1CCN(Cc2ccccn2)CC1. The first kappa shape index (κ1) is 21.7. The molecule has 2 aliphatic heterocycles. The zero-order chi connectivity index (χ0) is 22.8. The highest BCUT2D eigenvalue weighted by atomic mass is 32.2. The van der Waals surface area contributed by atoms with Gasteiger partial charge in [-0.1, -0.05) is 24.3 Å². The van der Waals surface area contributed by atoms with Crippen LogP contribution in [0.5, 0.6) is 11.5 Å². The second-order valence-corrected chi connectivity index (χ2v) is 10.2. The number of likely N-dealkylation sites (tertiary alicyclic amines) is 1. The number of piperidine rings is 1. The second-order valence-electron chi connectivity index (χ2n) is 8.43. The molecule has 1 aromatic heterocycles. The third-order valence-corrected chi connectivity index (χ3v) is 8.28. The standard InChI is InChI=1S/C25H27N3O4S/c1-19-6-2-3-8-25(19)33(29,30)28(22-9-10-23-24(16-22)32-18-31-23)21-11-14-27(15-12-21)17-20-7-4-5-13-26-20/h2-10,13,16,21H,11-12,14-15,17-18H2,1H3. The predicted molar refractivity (Wildman–Crippen MR) is 126 cm³/mol. The van der Waals surface area contributed by atoms with Gasteiger partial charge in [-0.2, -0.15) is 0 Å². The van der Waals surface area contributed by atoms with Crippen LogP contribution in [0.1, 0.15) is 24.1 Å². The quantitative estimate of drug-likeness (QED) is 0.548. The van der Waals surface area contributed by atoms with Crippen LogP contribution in [0.2, 0.25) is 0 Å². The van der Waals surface area contributed by atoms with Gasteiger partial charge in [0.2, 0.25) is 6.79 Å². The number of ether oxygens (including phenoxy) is 2. The maximum Gasteiger partial charge on any atom is 0.264 e. The molecule has 172 valence electrons. The smallest absolute Gasteiger partial charge is 0.264 e. The van der Waals surface area contributed by atoms with Gasteiger partial charge in [0, 0.05) is 37.9 Å². The van der Waals surface area contributed by atoms with Crippen molar-refractivity contribution in [1.29, 1.82) is 0 Å². The third-order valence-electron chi connectivity index (χ3n) is 6.24. The first-order valence-electron chi connectivity index (χ1n) is 11.1. The number of aryl methyl sites for hydroxylation is 1. The Hall–Kier alpha value is -3.10. The van der Waals surface area contributed by atoms with Gasteiger partial charge >= 0.3 is 0 Å². The number of hydrogen-bond donors (Lipinski definition) is 0. The molecule has 2 aromatic carbocycles. The highest BCUT2D eigenvalue weighted by molar-refractivity contribution is 7.93. The molecule has 3 aromatic rings. The molecule has 0 saturated carbocycles. The zero-order valence-corrected chi connectivity index (χ0v) is 19.4. The molecule has 0 amide bonds. The van der Waals surface area contributed by atoms with Gasteiger partial charge in [0.1, 0.15) is 0 Å². The third kappa shape index (κ3) is 4.41. The Morgan fingerprint density at radius 1 is 1.00 bits per heavy atom. The molecular weight excluding hydrogens is 438 g/mol. The van der Waals surface area contributed by atoms with Crippen LogP contribution in [0, 0.1) is 6.92 Å². The number of rotatable bonds is 6. The van der Waals surface area contributed by atoms with Crippen molar-refractivity contribution >= 4 is 15.7 Å². The second kappa shape index (κ2) is 9.03. The largest absolute Gasteiger partial charge is 0.454 e. The molecule has 8 heteroatoms. The van der Waals surface area contributed by atoms with Crippen LogP contribution in [-0.4, -0.2) is 44.2 Å².